The van der Waals surface area contributed by atoms with Crippen LogP contribution in [0.25, 0.3) is 27.8 Å². The number of ether oxygens (including phenoxy) is 3. The molecule has 1 aromatic heterocycles. The Bertz CT molecular complexity index is 1620. The number of hydrogen-bond acceptors (Lipinski definition) is 6. The summed E-state index contributed by atoms with van der Waals surface area (Å²) >= 11 is 0. The van der Waals surface area contributed by atoms with Gasteiger partial charge in [-0.1, -0.05) is 50.2 Å². The van der Waals surface area contributed by atoms with Crippen molar-refractivity contribution in [2.45, 2.75) is 13.8 Å². The molecule has 0 atom stereocenters. The van der Waals surface area contributed by atoms with Gasteiger partial charge < -0.3 is 19.5 Å². The Hall–Kier alpha value is -4.85. The number of hydrogen-bond donors (Lipinski definition) is 1. The molecule has 0 saturated carbocycles. The molecule has 6 rings (SSSR count). The number of anilines is 1. The summed E-state index contributed by atoms with van der Waals surface area (Å²) in [5.74, 6) is 2.13. The topological polar surface area (TPSA) is 87.5 Å². The molecule has 8 heteroatoms. The standard InChI is InChI=1S/C30H26N4O4/c1-19(2)17-36-30-32-28(21-10-15-26-27(16-21)38-18-37-26)34(33-30)23-13-11-22(12-14-23)31-29(35)25-9-5-7-20-6-3-4-8-24(20)25/h3-16,19H,17-18H2,1-2H3,(H,31,35). The lowest BCUT2D eigenvalue weighted by Gasteiger charge is -2.10. The smallest absolute Gasteiger partial charge is 0.336 e. The second-order valence-electron chi connectivity index (χ2n) is 9.43. The first-order valence-electron chi connectivity index (χ1n) is 12.4. The molecule has 38 heavy (non-hydrogen) atoms. The van der Waals surface area contributed by atoms with Crippen molar-refractivity contribution in [3.8, 4) is 34.6 Å². The first kappa shape index (κ1) is 23.5. The van der Waals surface area contributed by atoms with Gasteiger partial charge in [0.2, 0.25) is 6.79 Å². The molecule has 0 saturated heterocycles. The van der Waals surface area contributed by atoms with Crippen LogP contribution in [0.1, 0.15) is 24.2 Å². The molecule has 0 fully saturated rings. The van der Waals surface area contributed by atoms with Crippen LogP contribution in [0.5, 0.6) is 17.5 Å². The van der Waals surface area contributed by atoms with Gasteiger partial charge in [0, 0.05) is 16.8 Å². The molecule has 4 aromatic carbocycles. The predicted molar refractivity (Wildman–Crippen MR) is 145 cm³/mol. The lowest BCUT2D eigenvalue weighted by atomic mass is 10.0. The maximum absolute atomic E-state index is 13.1. The Morgan fingerprint density at radius 3 is 2.61 bits per heavy atom. The first-order valence-corrected chi connectivity index (χ1v) is 12.4. The van der Waals surface area contributed by atoms with E-state index in [4.69, 9.17) is 14.2 Å². The zero-order chi connectivity index (χ0) is 26.1. The van der Waals surface area contributed by atoms with Crippen molar-refractivity contribution in [3.05, 3.63) is 90.5 Å². The van der Waals surface area contributed by atoms with E-state index in [0.29, 0.717) is 47.1 Å². The number of fused-ring (bicyclic) bond motifs is 2. The minimum Gasteiger partial charge on any atom is -0.462 e. The van der Waals surface area contributed by atoms with Crippen LogP contribution in [0, 0.1) is 5.92 Å². The van der Waals surface area contributed by atoms with Gasteiger partial charge in [0.25, 0.3) is 5.91 Å². The molecule has 0 aliphatic carbocycles. The van der Waals surface area contributed by atoms with Crippen molar-refractivity contribution >= 4 is 22.4 Å². The first-order chi connectivity index (χ1) is 18.5. The zero-order valence-electron chi connectivity index (χ0n) is 21.0. The second kappa shape index (κ2) is 9.89. The fourth-order valence-corrected chi connectivity index (χ4v) is 4.31. The van der Waals surface area contributed by atoms with E-state index >= 15 is 0 Å². The van der Waals surface area contributed by atoms with Gasteiger partial charge in [-0.25, -0.2) is 4.68 Å². The summed E-state index contributed by atoms with van der Waals surface area (Å²) in [5.41, 5.74) is 2.88. The van der Waals surface area contributed by atoms with Gasteiger partial charge in [-0.15, -0.1) is 5.10 Å². The molecule has 0 spiro atoms. The van der Waals surface area contributed by atoms with Crippen LogP contribution in [0.3, 0.4) is 0 Å². The third kappa shape index (κ3) is 4.64. The maximum atomic E-state index is 13.1. The fourth-order valence-electron chi connectivity index (χ4n) is 4.31. The van der Waals surface area contributed by atoms with E-state index in [9.17, 15) is 4.79 Å². The average Bonchev–Trinajstić information content (AvgIpc) is 3.59. The third-order valence-corrected chi connectivity index (χ3v) is 6.17. The number of carbonyl (C=O) groups is 1. The van der Waals surface area contributed by atoms with Crippen molar-refractivity contribution in [2.24, 2.45) is 5.92 Å². The zero-order valence-corrected chi connectivity index (χ0v) is 21.0. The minimum absolute atomic E-state index is 0.166. The number of benzene rings is 4. The number of carbonyl (C=O) groups excluding carboxylic acids is 1. The Labute approximate surface area is 219 Å². The van der Waals surface area contributed by atoms with Gasteiger partial charge in [-0.05, 0) is 65.2 Å². The summed E-state index contributed by atoms with van der Waals surface area (Å²) in [6.07, 6.45) is 0. The lowest BCUT2D eigenvalue weighted by molar-refractivity contribution is 0.102. The van der Waals surface area contributed by atoms with Gasteiger partial charge in [-0.3, -0.25) is 4.79 Å². The summed E-state index contributed by atoms with van der Waals surface area (Å²) in [7, 11) is 0. The Morgan fingerprint density at radius 1 is 0.974 bits per heavy atom. The van der Waals surface area contributed by atoms with Gasteiger partial charge in [-0.2, -0.15) is 4.98 Å². The van der Waals surface area contributed by atoms with E-state index in [2.05, 4.69) is 29.2 Å². The number of nitrogens with zero attached hydrogens (tertiary/aromatic N) is 3. The monoisotopic (exact) mass is 506 g/mol. The molecule has 1 amide bonds. The molecule has 0 radical (unpaired) electrons. The van der Waals surface area contributed by atoms with Gasteiger partial charge in [0.15, 0.2) is 17.3 Å². The Balaban J connectivity index is 1.29. The lowest BCUT2D eigenvalue weighted by Crippen LogP contribution is -2.12. The second-order valence-corrected chi connectivity index (χ2v) is 9.43. The maximum Gasteiger partial charge on any atom is 0.336 e. The van der Waals surface area contributed by atoms with Crippen LogP contribution in [0.2, 0.25) is 0 Å². The average molecular weight is 507 g/mol. The van der Waals surface area contributed by atoms with Gasteiger partial charge in [0.1, 0.15) is 0 Å². The predicted octanol–water partition coefficient (Wildman–Crippen LogP) is 6.10. The van der Waals surface area contributed by atoms with Crippen molar-refractivity contribution in [3.63, 3.8) is 0 Å². The number of aromatic nitrogens is 3. The van der Waals surface area contributed by atoms with E-state index < -0.39 is 0 Å². The highest BCUT2D eigenvalue weighted by Gasteiger charge is 2.20. The van der Waals surface area contributed by atoms with Crippen LogP contribution in [0.15, 0.2) is 84.9 Å². The molecule has 0 bridgehead atoms. The quantitative estimate of drug-likeness (QED) is 0.287. The normalized spacial score (nSPS) is 12.2. The SMILES string of the molecule is CC(C)COc1nc(-c2ccc3c(c2)OCO3)n(-c2ccc(NC(=O)c3cccc4ccccc34)cc2)n1. The summed E-state index contributed by atoms with van der Waals surface area (Å²) in [6.45, 7) is 4.84. The van der Waals surface area contributed by atoms with E-state index in [1.165, 1.54) is 0 Å². The largest absolute Gasteiger partial charge is 0.462 e. The Kier molecular flexibility index (Phi) is 6.13. The molecule has 1 aliphatic heterocycles. The molecule has 0 unspecified atom stereocenters. The van der Waals surface area contributed by atoms with Crippen molar-refractivity contribution in [1.29, 1.82) is 0 Å². The fraction of sp³-hybridized carbons (Fsp3) is 0.167. The minimum atomic E-state index is -0.166. The number of rotatable bonds is 7. The summed E-state index contributed by atoms with van der Waals surface area (Å²) in [6, 6.07) is 27.0. The summed E-state index contributed by atoms with van der Waals surface area (Å²) in [4.78, 5) is 17.7. The molecule has 2 heterocycles. The van der Waals surface area contributed by atoms with Crippen molar-refractivity contribution < 1.29 is 19.0 Å². The molecular weight excluding hydrogens is 480 g/mol. The highest BCUT2D eigenvalue weighted by Crippen LogP contribution is 2.36. The summed E-state index contributed by atoms with van der Waals surface area (Å²) < 4.78 is 18.6. The van der Waals surface area contributed by atoms with Crippen molar-refractivity contribution in [1.82, 2.24) is 14.8 Å². The van der Waals surface area contributed by atoms with E-state index in [0.717, 1.165) is 22.0 Å². The molecule has 1 aliphatic rings. The van der Waals surface area contributed by atoms with Gasteiger partial charge in [0.05, 0.1) is 12.3 Å². The van der Waals surface area contributed by atoms with Crippen LogP contribution >= 0.6 is 0 Å². The number of nitrogens with one attached hydrogen (secondary N) is 1. The molecule has 5 aromatic rings. The van der Waals surface area contributed by atoms with Crippen LogP contribution in [-0.2, 0) is 0 Å². The Morgan fingerprint density at radius 2 is 1.76 bits per heavy atom. The van der Waals surface area contributed by atoms with Gasteiger partial charge >= 0.3 is 6.01 Å². The van der Waals surface area contributed by atoms with E-state index in [1.807, 2.05) is 84.9 Å². The third-order valence-electron chi connectivity index (χ3n) is 6.17. The van der Waals surface area contributed by atoms with Crippen LogP contribution in [-0.4, -0.2) is 34.1 Å². The summed E-state index contributed by atoms with van der Waals surface area (Å²) in [5, 5.41) is 9.55. The van der Waals surface area contributed by atoms with E-state index in [1.54, 1.807) is 4.68 Å². The molecule has 1 N–H and O–H groups in total. The highest BCUT2D eigenvalue weighted by atomic mass is 16.7. The number of amides is 1. The molecule has 190 valence electrons. The molecule has 8 nitrogen and oxygen atoms in total. The van der Waals surface area contributed by atoms with Crippen LogP contribution in [0.4, 0.5) is 5.69 Å². The van der Waals surface area contributed by atoms with Crippen molar-refractivity contribution in [2.75, 3.05) is 18.7 Å². The highest BCUT2D eigenvalue weighted by molar-refractivity contribution is 6.12. The van der Waals surface area contributed by atoms with Crippen LogP contribution < -0.4 is 19.5 Å². The molecular formula is C30H26N4O4. The van der Waals surface area contributed by atoms with E-state index in [-0.39, 0.29) is 12.7 Å².